The Morgan fingerprint density at radius 2 is 2.18 bits per heavy atom. The van der Waals surface area contributed by atoms with E-state index in [9.17, 15) is 4.79 Å². The Bertz CT molecular complexity index is 482. The molecule has 4 nitrogen and oxygen atoms in total. The molecule has 2 rings (SSSR count). The standard InChI is InChI=1S/C13H17N3O/c1-11(2)13(17)12-4-7-15(10-12)8-9-16-6-3-5-14-16/h3-7,10-11H,8-9H2,1-2H3. The lowest BCUT2D eigenvalue weighted by atomic mass is 10.0. The van der Waals surface area contributed by atoms with Crippen molar-refractivity contribution in [3.05, 3.63) is 42.5 Å². The smallest absolute Gasteiger partial charge is 0.166 e. The summed E-state index contributed by atoms with van der Waals surface area (Å²) in [5, 5.41) is 4.14. The van der Waals surface area contributed by atoms with Gasteiger partial charge in [-0.3, -0.25) is 9.48 Å². The lowest BCUT2D eigenvalue weighted by Crippen LogP contribution is -2.08. The minimum atomic E-state index is 0.0527. The van der Waals surface area contributed by atoms with Crippen molar-refractivity contribution in [3.8, 4) is 0 Å². The molecular weight excluding hydrogens is 214 g/mol. The number of carbonyl (C=O) groups excluding carboxylic acids is 1. The minimum absolute atomic E-state index is 0.0527. The van der Waals surface area contributed by atoms with Crippen molar-refractivity contribution in [2.75, 3.05) is 0 Å². The molecule has 0 aliphatic heterocycles. The second-order valence-corrected chi connectivity index (χ2v) is 4.43. The van der Waals surface area contributed by atoms with Crippen LogP contribution in [0.3, 0.4) is 0 Å². The fourth-order valence-corrected chi connectivity index (χ4v) is 1.71. The van der Waals surface area contributed by atoms with E-state index in [0.717, 1.165) is 18.7 Å². The molecule has 0 radical (unpaired) electrons. The van der Waals surface area contributed by atoms with Crippen LogP contribution in [0.2, 0.25) is 0 Å². The van der Waals surface area contributed by atoms with E-state index in [-0.39, 0.29) is 11.7 Å². The zero-order chi connectivity index (χ0) is 12.3. The van der Waals surface area contributed by atoms with Crippen molar-refractivity contribution in [2.24, 2.45) is 5.92 Å². The van der Waals surface area contributed by atoms with Gasteiger partial charge in [0.05, 0.1) is 6.54 Å². The van der Waals surface area contributed by atoms with Crippen LogP contribution in [-0.4, -0.2) is 20.1 Å². The van der Waals surface area contributed by atoms with E-state index in [4.69, 9.17) is 0 Å². The highest BCUT2D eigenvalue weighted by Gasteiger charge is 2.11. The first-order valence-electron chi connectivity index (χ1n) is 5.84. The molecule has 2 aromatic heterocycles. The van der Waals surface area contributed by atoms with E-state index >= 15 is 0 Å². The number of Topliss-reactive ketones (excluding diaryl/α,β-unsaturated/α-hetero) is 1. The average molecular weight is 231 g/mol. The Morgan fingerprint density at radius 1 is 1.35 bits per heavy atom. The first-order chi connectivity index (χ1) is 8.16. The molecule has 0 amide bonds. The predicted molar refractivity (Wildman–Crippen MR) is 65.8 cm³/mol. The van der Waals surface area contributed by atoms with Gasteiger partial charge in [-0.05, 0) is 12.1 Å². The van der Waals surface area contributed by atoms with E-state index in [0.29, 0.717) is 0 Å². The highest BCUT2D eigenvalue weighted by Crippen LogP contribution is 2.09. The van der Waals surface area contributed by atoms with Crippen LogP contribution in [0.25, 0.3) is 0 Å². The molecule has 0 N–H and O–H groups in total. The summed E-state index contributed by atoms with van der Waals surface area (Å²) in [5.74, 6) is 0.250. The summed E-state index contributed by atoms with van der Waals surface area (Å²) < 4.78 is 3.90. The van der Waals surface area contributed by atoms with Crippen LogP contribution in [0.15, 0.2) is 36.9 Å². The van der Waals surface area contributed by atoms with Gasteiger partial charge in [0, 0.05) is 42.8 Å². The lowest BCUT2D eigenvalue weighted by molar-refractivity contribution is 0.0939. The summed E-state index contributed by atoms with van der Waals surface area (Å²) in [6.45, 7) is 5.48. The molecule has 0 unspecified atom stereocenters. The number of aryl methyl sites for hydroxylation is 2. The molecule has 0 aliphatic carbocycles. The maximum Gasteiger partial charge on any atom is 0.166 e. The van der Waals surface area contributed by atoms with E-state index in [1.54, 1.807) is 6.20 Å². The SMILES string of the molecule is CC(C)C(=O)c1ccn(CCn2cccn2)c1. The first-order valence-corrected chi connectivity index (χ1v) is 5.84. The molecule has 2 aromatic rings. The third-order valence-electron chi connectivity index (χ3n) is 2.71. The molecule has 17 heavy (non-hydrogen) atoms. The maximum absolute atomic E-state index is 11.8. The normalized spacial score (nSPS) is 11.0. The van der Waals surface area contributed by atoms with Gasteiger partial charge in [0.1, 0.15) is 0 Å². The van der Waals surface area contributed by atoms with Crippen molar-refractivity contribution in [2.45, 2.75) is 26.9 Å². The van der Waals surface area contributed by atoms with Gasteiger partial charge in [0.25, 0.3) is 0 Å². The second kappa shape index (κ2) is 4.99. The topological polar surface area (TPSA) is 39.8 Å². The highest BCUT2D eigenvalue weighted by molar-refractivity contribution is 5.97. The molecule has 0 saturated heterocycles. The van der Waals surface area contributed by atoms with E-state index in [1.807, 2.05) is 53.8 Å². The number of carbonyl (C=O) groups is 1. The summed E-state index contributed by atoms with van der Waals surface area (Å²) in [7, 11) is 0. The van der Waals surface area contributed by atoms with E-state index < -0.39 is 0 Å². The molecule has 90 valence electrons. The van der Waals surface area contributed by atoms with Crippen molar-refractivity contribution >= 4 is 5.78 Å². The summed E-state index contributed by atoms with van der Waals surface area (Å²) in [6.07, 6.45) is 7.55. The largest absolute Gasteiger partial charge is 0.352 e. The van der Waals surface area contributed by atoms with Crippen LogP contribution >= 0.6 is 0 Å². The molecule has 0 spiro atoms. The zero-order valence-electron chi connectivity index (χ0n) is 10.2. The molecule has 0 atom stereocenters. The van der Waals surface area contributed by atoms with Gasteiger partial charge >= 0.3 is 0 Å². The molecule has 0 aromatic carbocycles. The zero-order valence-corrected chi connectivity index (χ0v) is 10.2. The Morgan fingerprint density at radius 3 is 2.82 bits per heavy atom. The molecular formula is C13H17N3O. The summed E-state index contributed by atoms with van der Waals surface area (Å²) in [5.41, 5.74) is 0.792. The third-order valence-corrected chi connectivity index (χ3v) is 2.71. The van der Waals surface area contributed by atoms with Gasteiger partial charge in [-0.1, -0.05) is 13.8 Å². The number of hydrogen-bond donors (Lipinski definition) is 0. The fourth-order valence-electron chi connectivity index (χ4n) is 1.71. The van der Waals surface area contributed by atoms with E-state index in [1.165, 1.54) is 0 Å². The van der Waals surface area contributed by atoms with Crippen LogP contribution in [0.5, 0.6) is 0 Å². The van der Waals surface area contributed by atoms with Gasteiger partial charge < -0.3 is 4.57 Å². The highest BCUT2D eigenvalue weighted by atomic mass is 16.1. The number of rotatable bonds is 5. The monoisotopic (exact) mass is 231 g/mol. The third kappa shape index (κ3) is 2.84. The average Bonchev–Trinajstić information content (AvgIpc) is 2.96. The summed E-state index contributed by atoms with van der Waals surface area (Å²) in [6, 6.07) is 3.79. The molecule has 0 saturated carbocycles. The molecule has 0 aliphatic rings. The number of hydrogen-bond acceptors (Lipinski definition) is 2. The maximum atomic E-state index is 11.8. The minimum Gasteiger partial charge on any atom is -0.352 e. The Labute approximate surface area is 101 Å². The van der Waals surface area contributed by atoms with Crippen LogP contribution < -0.4 is 0 Å². The first kappa shape index (κ1) is 11.6. The van der Waals surface area contributed by atoms with Gasteiger partial charge in [-0.15, -0.1) is 0 Å². The van der Waals surface area contributed by atoms with Gasteiger partial charge in [-0.2, -0.15) is 5.10 Å². The van der Waals surface area contributed by atoms with Gasteiger partial charge in [-0.25, -0.2) is 0 Å². The van der Waals surface area contributed by atoms with Crippen molar-refractivity contribution in [1.29, 1.82) is 0 Å². The second-order valence-electron chi connectivity index (χ2n) is 4.43. The quantitative estimate of drug-likeness (QED) is 0.740. The number of aromatic nitrogens is 3. The van der Waals surface area contributed by atoms with Crippen LogP contribution in [-0.2, 0) is 13.1 Å². The van der Waals surface area contributed by atoms with Gasteiger partial charge in [0.2, 0.25) is 0 Å². The number of nitrogens with zero attached hydrogens (tertiary/aromatic N) is 3. The van der Waals surface area contributed by atoms with Crippen molar-refractivity contribution in [3.63, 3.8) is 0 Å². The fraction of sp³-hybridized carbons (Fsp3) is 0.385. The van der Waals surface area contributed by atoms with Crippen molar-refractivity contribution < 1.29 is 4.79 Å². The Balaban J connectivity index is 1.97. The molecule has 0 fully saturated rings. The van der Waals surface area contributed by atoms with Crippen LogP contribution in [0, 0.1) is 5.92 Å². The summed E-state index contributed by atoms with van der Waals surface area (Å²) >= 11 is 0. The lowest BCUT2D eigenvalue weighted by Gasteiger charge is -2.03. The van der Waals surface area contributed by atoms with Crippen molar-refractivity contribution in [1.82, 2.24) is 14.3 Å². The van der Waals surface area contributed by atoms with Crippen LogP contribution in [0.1, 0.15) is 24.2 Å². The molecule has 0 bridgehead atoms. The molecule has 4 heteroatoms. The molecule has 2 heterocycles. The summed E-state index contributed by atoms with van der Waals surface area (Å²) in [4.78, 5) is 11.8. The van der Waals surface area contributed by atoms with Gasteiger partial charge in [0.15, 0.2) is 5.78 Å². The number of ketones is 1. The predicted octanol–water partition coefficient (Wildman–Crippen LogP) is 2.22. The van der Waals surface area contributed by atoms with E-state index in [2.05, 4.69) is 5.10 Å². The Hall–Kier alpha value is -1.84. The Kier molecular flexibility index (Phi) is 3.42. The van der Waals surface area contributed by atoms with Crippen LogP contribution in [0.4, 0.5) is 0 Å².